The van der Waals surface area contributed by atoms with Gasteiger partial charge in [-0.05, 0) is 26.7 Å². The molecule has 1 aromatic rings. The zero-order valence-corrected chi connectivity index (χ0v) is 9.44. The van der Waals surface area contributed by atoms with Gasteiger partial charge in [0.1, 0.15) is 6.33 Å². The smallest absolute Gasteiger partial charge is 0.308 e. The first-order chi connectivity index (χ1) is 7.65. The van der Waals surface area contributed by atoms with E-state index in [9.17, 15) is 9.18 Å². The fourth-order valence-electron chi connectivity index (χ4n) is 0.953. The van der Waals surface area contributed by atoms with E-state index in [1.165, 1.54) is 6.33 Å². The molecule has 0 radical (unpaired) electrons. The van der Waals surface area contributed by atoms with Crippen LogP contribution in [-0.2, 0) is 9.53 Å². The lowest BCUT2D eigenvalue weighted by Gasteiger charge is -1.95. The molecule has 1 fully saturated rings. The molecular weight excluding hydrogens is 211 g/mol. The van der Waals surface area contributed by atoms with Gasteiger partial charge in [-0.15, -0.1) is 0 Å². The Morgan fingerprint density at radius 3 is 2.69 bits per heavy atom. The summed E-state index contributed by atoms with van der Waals surface area (Å²) in [7, 11) is 0. The van der Waals surface area contributed by atoms with Crippen molar-refractivity contribution in [3.05, 3.63) is 24.0 Å². The molecule has 2 rings (SSSR count). The number of aryl methyl sites for hydroxylation is 1. The van der Waals surface area contributed by atoms with Crippen LogP contribution in [0.15, 0.2) is 12.5 Å². The maximum absolute atomic E-state index is 12.2. The minimum absolute atomic E-state index is 0.00694. The molecule has 1 aliphatic carbocycles. The van der Waals surface area contributed by atoms with Gasteiger partial charge in [-0.25, -0.2) is 14.4 Å². The molecule has 0 atom stereocenters. The van der Waals surface area contributed by atoms with Gasteiger partial charge >= 0.3 is 5.97 Å². The molecule has 1 aromatic heterocycles. The molecule has 1 heterocycles. The molecule has 0 amide bonds. The number of nitrogens with zero attached hydrogens (tertiary/aromatic N) is 2. The van der Waals surface area contributed by atoms with Crippen LogP contribution in [0.5, 0.6) is 0 Å². The van der Waals surface area contributed by atoms with Crippen molar-refractivity contribution in [3.63, 3.8) is 0 Å². The van der Waals surface area contributed by atoms with Gasteiger partial charge in [0.25, 0.3) is 0 Å². The second-order valence-corrected chi connectivity index (χ2v) is 3.48. The SMILES string of the molecule is CCOC(=O)C1CC1.Cc1ncncc1F. The molecule has 1 saturated carbocycles. The lowest BCUT2D eigenvalue weighted by atomic mass is 10.4. The van der Waals surface area contributed by atoms with Gasteiger partial charge in [-0.1, -0.05) is 0 Å². The summed E-state index contributed by atoms with van der Waals surface area (Å²) in [6.07, 6.45) is 4.54. The van der Waals surface area contributed by atoms with E-state index in [-0.39, 0.29) is 17.7 Å². The third-order valence-corrected chi connectivity index (χ3v) is 2.05. The molecule has 5 heteroatoms. The zero-order valence-electron chi connectivity index (χ0n) is 9.44. The van der Waals surface area contributed by atoms with Crippen LogP contribution in [0.2, 0.25) is 0 Å². The van der Waals surface area contributed by atoms with Crippen molar-refractivity contribution in [1.29, 1.82) is 0 Å². The highest BCUT2D eigenvalue weighted by atomic mass is 19.1. The number of carbonyl (C=O) groups excluding carboxylic acids is 1. The van der Waals surface area contributed by atoms with E-state index in [4.69, 9.17) is 4.74 Å². The molecule has 0 bridgehead atoms. The third-order valence-electron chi connectivity index (χ3n) is 2.05. The fourth-order valence-corrected chi connectivity index (χ4v) is 0.953. The quantitative estimate of drug-likeness (QED) is 0.722. The van der Waals surface area contributed by atoms with E-state index in [0.29, 0.717) is 12.3 Å². The lowest BCUT2D eigenvalue weighted by Crippen LogP contribution is -2.04. The number of aromatic nitrogens is 2. The number of ether oxygens (including phenoxy) is 1. The summed E-state index contributed by atoms with van der Waals surface area (Å²) >= 11 is 0. The van der Waals surface area contributed by atoms with Crippen LogP contribution in [0.1, 0.15) is 25.5 Å². The maximum atomic E-state index is 12.2. The molecule has 0 N–H and O–H groups in total. The number of carbonyl (C=O) groups is 1. The van der Waals surface area contributed by atoms with Crippen LogP contribution < -0.4 is 0 Å². The standard InChI is InChI=1S/C6H10O2.C5H5FN2/c1-2-8-6(7)5-3-4-5;1-4-5(6)2-7-3-8-4/h5H,2-4H2,1H3;2-3H,1H3. The Balaban J connectivity index is 0.000000160. The van der Waals surface area contributed by atoms with Gasteiger partial charge in [0.05, 0.1) is 24.4 Å². The molecular formula is C11H15FN2O2. The first-order valence-corrected chi connectivity index (χ1v) is 5.24. The van der Waals surface area contributed by atoms with Gasteiger partial charge in [0.2, 0.25) is 0 Å². The molecule has 4 nitrogen and oxygen atoms in total. The molecule has 0 aromatic carbocycles. The normalized spacial score (nSPS) is 13.7. The van der Waals surface area contributed by atoms with Crippen molar-refractivity contribution in [1.82, 2.24) is 9.97 Å². The van der Waals surface area contributed by atoms with Crippen molar-refractivity contribution in [2.75, 3.05) is 6.61 Å². The highest BCUT2D eigenvalue weighted by Gasteiger charge is 2.30. The van der Waals surface area contributed by atoms with Gasteiger partial charge < -0.3 is 4.74 Å². The largest absolute Gasteiger partial charge is 0.466 e. The summed E-state index contributed by atoms with van der Waals surface area (Å²) in [5.74, 6) is -0.102. The minimum Gasteiger partial charge on any atom is -0.466 e. The fraction of sp³-hybridized carbons (Fsp3) is 0.545. The van der Waals surface area contributed by atoms with E-state index in [1.807, 2.05) is 6.92 Å². The average Bonchev–Trinajstić information content (AvgIpc) is 3.07. The summed E-state index contributed by atoms with van der Waals surface area (Å²) in [5, 5.41) is 0. The maximum Gasteiger partial charge on any atom is 0.308 e. The molecule has 16 heavy (non-hydrogen) atoms. The van der Waals surface area contributed by atoms with Crippen LogP contribution >= 0.6 is 0 Å². The lowest BCUT2D eigenvalue weighted by molar-refractivity contribution is -0.144. The predicted molar refractivity (Wildman–Crippen MR) is 56.1 cm³/mol. The summed E-state index contributed by atoms with van der Waals surface area (Å²) in [5.41, 5.74) is 0.389. The van der Waals surface area contributed by atoms with Crippen LogP contribution in [0.25, 0.3) is 0 Å². The Morgan fingerprint density at radius 2 is 2.31 bits per heavy atom. The molecule has 0 saturated heterocycles. The van der Waals surface area contributed by atoms with Gasteiger partial charge in [0.15, 0.2) is 5.82 Å². The number of halogens is 1. The second kappa shape index (κ2) is 6.15. The van der Waals surface area contributed by atoms with Crippen molar-refractivity contribution in [3.8, 4) is 0 Å². The van der Waals surface area contributed by atoms with E-state index >= 15 is 0 Å². The first kappa shape index (κ1) is 12.5. The summed E-state index contributed by atoms with van der Waals surface area (Å²) < 4.78 is 16.9. The monoisotopic (exact) mass is 226 g/mol. The molecule has 88 valence electrons. The van der Waals surface area contributed by atoms with E-state index in [0.717, 1.165) is 19.0 Å². The van der Waals surface area contributed by atoms with Crippen molar-refractivity contribution >= 4 is 5.97 Å². The van der Waals surface area contributed by atoms with E-state index in [2.05, 4.69) is 9.97 Å². The topological polar surface area (TPSA) is 52.1 Å². The highest BCUT2D eigenvalue weighted by molar-refractivity contribution is 5.74. The Kier molecular flexibility index (Phi) is 4.82. The summed E-state index contributed by atoms with van der Waals surface area (Å²) in [6.45, 7) is 3.95. The minimum atomic E-state index is -0.354. The summed E-state index contributed by atoms with van der Waals surface area (Å²) in [4.78, 5) is 17.6. The van der Waals surface area contributed by atoms with Crippen LogP contribution in [0.4, 0.5) is 4.39 Å². The second-order valence-electron chi connectivity index (χ2n) is 3.48. The first-order valence-electron chi connectivity index (χ1n) is 5.24. The van der Waals surface area contributed by atoms with E-state index in [1.54, 1.807) is 6.92 Å². The van der Waals surface area contributed by atoms with Gasteiger partial charge in [-0.3, -0.25) is 4.79 Å². The number of esters is 1. The molecule has 0 spiro atoms. The number of hydrogen-bond acceptors (Lipinski definition) is 4. The molecule has 0 aliphatic heterocycles. The Hall–Kier alpha value is -1.52. The molecule has 0 unspecified atom stereocenters. The Bertz CT molecular complexity index is 333. The van der Waals surface area contributed by atoms with Crippen LogP contribution in [0, 0.1) is 18.7 Å². The van der Waals surface area contributed by atoms with Crippen LogP contribution in [-0.4, -0.2) is 22.5 Å². The zero-order chi connectivity index (χ0) is 12.0. The van der Waals surface area contributed by atoms with Crippen LogP contribution in [0.3, 0.4) is 0 Å². The van der Waals surface area contributed by atoms with Gasteiger partial charge in [-0.2, -0.15) is 0 Å². The Morgan fingerprint density at radius 1 is 1.62 bits per heavy atom. The number of hydrogen-bond donors (Lipinski definition) is 0. The third kappa shape index (κ3) is 4.33. The number of rotatable bonds is 2. The van der Waals surface area contributed by atoms with E-state index < -0.39 is 0 Å². The predicted octanol–water partition coefficient (Wildman–Crippen LogP) is 1.88. The van der Waals surface area contributed by atoms with Gasteiger partial charge in [0, 0.05) is 0 Å². The van der Waals surface area contributed by atoms with Crippen molar-refractivity contribution in [2.45, 2.75) is 26.7 Å². The van der Waals surface area contributed by atoms with Crippen molar-refractivity contribution < 1.29 is 13.9 Å². The molecule has 1 aliphatic rings. The summed E-state index contributed by atoms with van der Waals surface area (Å²) in [6, 6.07) is 0. The average molecular weight is 226 g/mol. The van der Waals surface area contributed by atoms with Crippen molar-refractivity contribution in [2.24, 2.45) is 5.92 Å². The highest BCUT2D eigenvalue weighted by Crippen LogP contribution is 2.29. The Labute approximate surface area is 93.9 Å².